The average Bonchev–Trinajstić information content (AvgIpc) is 3.22. The van der Waals surface area contributed by atoms with Crippen LogP contribution in [0, 0.1) is 5.92 Å². The molecule has 0 spiro atoms. The molecule has 1 atom stereocenters. The first kappa shape index (κ1) is 19.5. The van der Waals surface area contributed by atoms with Crippen LogP contribution in [0.15, 0.2) is 36.4 Å². The van der Waals surface area contributed by atoms with Gasteiger partial charge in [0.25, 0.3) is 5.91 Å². The number of nitrogens with zero attached hydrogens (tertiary/aromatic N) is 1. The Kier molecular flexibility index (Phi) is 4.87. The second-order valence-electron chi connectivity index (χ2n) is 6.82. The third kappa shape index (κ3) is 3.63. The molecule has 2 amide bonds. The lowest BCUT2D eigenvalue weighted by atomic mass is 10.1. The van der Waals surface area contributed by atoms with Gasteiger partial charge < -0.3 is 14.8 Å². The number of hydrogen-bond acceptors (Lipinski definition) is 6. The quantitative estimate of drug-likeness (QED) is 0.789. The third-order valence-corrected chi connectivity index (χ3v) is 6.85. The van der Waals surface area contributed by atoms with E-state index in [0.29, 0.717) is 15.8 Å². The number of carbonyl (C=O) groups is 2. The number of rotatable bonds is 4. The largest absolute Gasteiger partial charge is 0.454 e. The van der Waals surface area contributed by atoms with Gasteiger partial charge in [-0.1, -0.05) is 24.6 Å². The van der Waals surface area contributed by atoms with Crippen LogP contribution in [0.4, 0.5) is 5.69 Å². The van der Waals surface area contributed by atoms with Crippen LogP contribution >= 0.6 is 11.6 Å². The molecule has 0 aliphatic carbocycles. The Morgan fingerprint density at radius 1 is 1.21 bits per heavy atom. The van der Waals surface area contributed by atoms with Crippen LogP contribution in [-0.2, 0) is 21.4 Å². The molecule has 1 unspecified atom stereocenters. The topological polar surface area (TPSA) is 102 Å². The third-order valence-electron chi connectivity index (χ3n) is 4.68. The Balaban J connectivity index is 1.54. The lowest BCUT2D eigenvalue weighted by molar-refractivity contribution is -0.119. The molecule has 0 radical (unpaired) electrons. The molecule has 29 heavy (non-hydrogen) atoms. The fraction of sp³-hybridized carbons (Fsp3) is 0.263. The molecule has 10 heteroatoms. The van der Waals surface area contributed by atoms with Gasteiger partial charge in [0, 0.05) is 12.1 Å². The van der Waals surface area contributed by atoms with E-state index in [9.17, 15) is 18.0 Å². The summed E-state index contributed by atoms with van der Waals surface area (Å²) < 4.78 is 35.9. The van der Waals surface area contributed by atoms with Gasteiger partial charge in [-0.2, -0.15) is 0 Å². The number of anilines is 1. The molecule has 2 aromatic rings. The van der Waals surface area contributed by atoms with E-state index in [1.165, 1.54) is 25.1 Å². The van der Waals surface area contributed by atoms with Crippen molar-refractivity contribution in [2.75, 3.05) is 16.9 Å². The second-order valence-corrected chi connectivity index (χ2v) is 9.09. The van der Waals surface area contributed by atoms with Gasteiger partial charge in [0.05, 0.1) is 22.4 Å². The van der Waals surface area contributed by atoms with Crippen molar-refractivity contribution in [3.8, 4) is 11.5 Å². The van der Waals surface area contributed by atoms with Gasteiger partial charge in [-0.25, -0.2) is 12.7 Å². The van der Waals surface area contributed by atoms with Crippen molar-refractivity contribution in [1.82, 2.24) is 5.32 Å². The highest BCUT2D eigenvalue weighted by molar-refractivity contribution is 7.94. The predicted octanol–water partition coefficient (Wildman–Crippen LogP) is 2.31. The van der Waals surface area contributed by atoms with Crippen LogP contribution in [0.2, 0.25) is 5.02 Å². The van der Waals surface area contributed by atoms with Gasteiger partial charge in [0.15, 0.2) is 11.5 Å². The van der Waals surface area contributed by atoms with Gasteiger partial charge in [-0.15, -0.1) is 0 Å². The molecule has 0 bridgehead atoms. The molecule has 152 valence electrons. The van der Waals surface area contributed by atoms with Gasteiger partial charge in [0.2, 0.25) is 22.7 Å². The molecule has 1 saturated heterocycles. The van der Waals surface area contributed by atoms with Crippen molar-refractivity contribution in [3.63, 3.8) is 0 Å². The van der Waals surface area contributed by atoms with Crippen molar-refractivity contribution in [2.45, 2.75) is 13.5 Å². The summed E-state index contributed by atoms with van der Waals surface area (Å²) in [5.41, 5.74) is 0.979. The standard InChI is InChI=1S/C19H17ClN2O6S/c1-11-9-29(25,26)22(19(11)24)15-7-13(3-4-14(15)20)18(23)21-8-12-2-5-16-17(6-12)28-10-27-16/h2-7,11H,8-10H2,1H3,(H,21,23). The van der Waals surface area contributed by atoms with Crippen molar-refractivity contribution in [2.24, 2.45) is 5.92 Å². The molecular formula is C19H17ClN2O6S. The number of carbonyl (C=O) groups excluding carboxylic acids is 2. The van der Waals surface area contributed by atoms with Gasteiger partial charge in [-0.3, -0.25) is 9.59 Å². The second kappa shape index (κ2) is 7.23. The van der Waals surface area contributed by atoms with E-state index in [4.69, 9.17) is 21.1 Å². The van der Waals surface area contributed by atoms with Crippen LogP contribution < -0.4 is 19.1 Å². The van der Waals surface area contributed by atoms with Crippen LogP contribution in [0.3, 0.4) is 0 Å². The minimum absolute atomic E-state index is 0.0169. The van der Waals surface area contributed by atoms with Crippen LogP contribution in [0.1, 0.15) is 22.8 Å². The maximum atomic E-state index is 12.6. The fourth-order valence-corrected chi connectivity index (χ4v) is 5.29. The SMILES string of the molecule is CC1CS(=O)(=O)N(c2cc(C(=O)NCc3ccc4c(c3)OCO4)ccc2Cl)C1=O. The number of halogens is 1. The van der Waals surface area contributed by atoms with E-state index in [2.05, 4.69) is 5.32 Å². The molecule has 2 aromatic carbocycles. The molecule has 2 aliphatic rings. The Morgan fingerprint density at radius 2 is 1.97 bits per heavy atom. The molecule has 0 aromatic heterocycles. The van der Waals surface area contributed by atoms with Crippen molar-refractivity contribution < 1.29 is 27.5 Å². The number of fused-ring (bicyclic) bond motifs is 1. The van der Waals surface area contributed by atoms with E-state index in [1.807, 2.05) is 0 Å². The molecule has 4 rings (SSSR count). The van der Waals surface area contributed by atoms with Crippen LogP contribution in [0.5, 0.6) is 11.5 Å². The first-order chi connectivity index (χ1) is 13.8. The molecule has 1 N–H and O–H groups in total. The number of hydrogen-bond donors (Lipinski definition) is 1. The fourth-order valence-electron chi connectivity index (χ4n) is 3.21. The zero-order chi connectivity index (χ0) is 20.8. The Labute approximate surface area is 172 Å². The lowest BCUT2D eigenvalue weighted by Gasteiger charge is -2.17. The van der Waals surface area contributed by atoms with Crippen molar-refractivity contribution in [3.05, 3.63) is 52.5 Å². The first-order valence-electron chi connectivity index (χ1n) is 8.79. The van der Waals surface area contributed by atoms with E-state index >= 15 is 0 Å². The molecule has 2 aliphatic heterocycles. The zero-order valence-corrected chi connectivity index (χ0v) is 16.9. The summed E-state index contributed by atoms with van der Waals surface area (Å²) in [5.74, 6) is -0.699. The van der Waals surface area contributed by atoms with Gasteiger partial charge >= 0.3 is 0 Å². The lowest BCUT2D eigenvalue weighted by Crippen LogP contribution is -2.31. The monoisotopic (exact) mass is 436 g/mol. The molecule has 1 fully saturated rings. The normalized spacial score (nSPS) is 19.4. The van der Waals surface area contributed by atoms with E-state index < -0.39 is 27.8 Å². The number of benzene rings is 2. The highest BCUT2D eigenvalue weighted by Gasteiger charge is 2.43. The van der Waals surface area contributed by atoms with E-state index in [0.717, 1.165) is 5.56 Å². The molecule has 2 heterocycles. The molecular weight excluding hydrogens is 420 g/mol. The highest BCUT2D eigenvalue weighted by Crippen LogP contribution is 2.35. The number of amides is 2. The Morgan fingerprint density at radius 3 is 2.69 bits per heavy atom. The van der Waals surface area contributed by atoms with Crippen molar-refractivity contribution in [1.29, 1.82) is 0 Å². The summed E-state index contributed by atoms with van der Waals surface area (Å²) in [6, 6.07) is 9.51. The Bertz CT molecular complexity index is 1120. The van der Waals surface area contributed by atoms with Gasteiger partial charge in [0.1, 0.15) is 0 Å². The highest BCUT2D eigenvalue weighted by atomic mass is 35.5. The van der Waals surface area contributed by atoms with E-state index in [1.54, 1.807) is 18.2 Å². The van der Waals surface area contributed by atoms with Crippen LogP contribution in [-0.4, -0.2) is 32.8 Å². The van der Waals surface area contributed by atoms with E-state index in [-0.39, 0.29) is 35.4 Å². The predicted molar refractivity (Wildman–Crippen MR) is 106 cm³/mol. The number of ether oxygens (including phenoxy) is 2. The smallest absolute Gasteiger partial charge is 0.251 e. The average molecular weight is 437 g/mol. The molecule has 8 nitrogen and oxygen atoms in total. The minimum atomic E-state index is -3.82. The summed E-state index contributed by atoms with van der Waals surface area (Å²) in [4.78, 5) is 24.9. The number of nitrogens with one attached hydrogen (secondary N) is 1. The zero-order valence-electron chi connectivity index (χ0n) is 15.3. The summed E-state index contributed by atoms with van der Waals surface area (Å²) >= 11 is 6.13. The maximum Gasteiger partial charge on any atom is 0.251 e. The summed E-state index contributed by atoms with van der Waals surface area (Å²) in [6.07, 6.45) is 0. The van der Waals surface area contributed by atoms with Crippen molar-refractivity contribution >= 4 is 39.1 Å². The Hall–Kier alpha value is -2.78. The molecule has 0 saturated carbocycles. The first-order valence-corrected chi connectivity index (χ1v) is 10.8. The van der Waals surface area contributed by atoms with Gasteiger partial charge in [-0.05, 0) is 35.9 Å². The van der Waals surface area contributed by atoms with Crippen LogP contribution in [0.25, 0.3) is 0 Å². The summed E-state index contributed by atoms with van der Waals surface area (Å²) in [5, 5.41) is 2.83. The number of sulfonamides is 1. The minimum Gasteiger partial charge on any atom is -0.454 e. The summed E-state index contributed by atoms with van der Waals surface area (Å²) in [7, 11) is -3.82. The maximum absolute atomic E-state index is 12.6. The summed E-state index contributed by atoms with van der Waals surface area (Å²) in [6.45, 7) is 1.93.